The Morgan fingerprint density at radius 2 is 2.57 bits per heavy atom. The maximum Gasteiger partial charge on any atom is 0.129 e. The molecule has 1 heterocycles. The third-order valence-electron chi connectivity index (χ3n) is 0.515. The molecule has 7 heavy (non-hydrogen) atoms. The predicted molar refractivity (Wildman–Crippen MR) is 31.3 cm³/mol. The molecule has 0 amide bonds. The summed E-state index contributed by atoms with van der Waals surface area (Å²) in [5, 5.41) is 6.76. The molecule has 0 saturated carbocycles. The molecular formula is C3H2BrClN2. The molecule has 4 heteroatoms. The van der Waals surface area contributed by atoms with Crippen molar-refractivity contribution in [2.45, 2.75) is 0 Å². The number of aromatic amines is 1. The highest BCUT2D eigenvalue weighted by Crippen LogP contribution is 2.09. The third kappa shape index (κ3) is 1.17. The lowest BCUT2D eigenvalue weighted by molar-refractivity contribution is 1.07. The standard InChI is InChI=1S/C3H2BrClN2/c4-2-1-3(5)7-6-2/h1H,(H,6,7). The summed E-state index contributed by atoms with van der Waals surface area (Å²) in [7, 11) is 0. The Hall–Kier alpha value is -0.0200. The zero-order valence-electron chi connectivity index (χ0n) is 3.28. The molecule has 0 aromatic carbocycles. The van der Waals surface area contributed by atoms with Crippen LogP contribution in [0.2, 0.25) is 5.15 Å². The number of aromatic nitrogens is 2. The van der Waals surface area contributed by atoms with Crippen LogP contribution < -0.4 is 0 Å². The molecule has 1 rings (SSSR count). The van der Waals surface area contributed by atoms with Crippen molar-refractivity contribution < 1.29 is 0 Å². The molecule has 0 aliphatic heterocycles. The van der Waals surface area contributed by atoms with Crippen LogP contribution in [0.5, 0.6) is 0 Å². The highest BCUT2D eigenvalue weighted by Gasteiger charge is 1.88. The van der Waals surface area contributed by atoms with E-state index in [9.17, 15) is 0 Å². The van der Waals surface area contributed by atoms with Gasteiger partial charge in [-0.2, -0.15) is 5.10 Å². The van der Waals surface area contributed by atoms with Crippen LogP contribution in [0.3, 0.4) is 0 Å². The summed E-state index contributed by atoms with van der Waals surface area (Å²) in [6.45, 7) is 0. The molecule has 0 radical (unpaired) electrons. The van der Waals surface area contributed by atoms with Gasteiger partial charge in [-0.05, 0) is 15.9 Å². The first-order valence-electron chi connectivity index (χ1n) is 1.65. The topological polar surface area (TPSA) is 28.7 Å². The van der Waals surface area contributed by atoms with Crippen LogP contribution in [-0.2, 0) is 0 Å². The molecule has 0 unspecified atom stereocenters. The second-order valence-corrected chi connectivity index (χ2v) is 2.26. The summed E-state index contributed by atoms with van der Waals surface area (Å²) in [5.74, 6) is 0. The maximum absolute atomic E-state index is 5.41. The van der Waals surface area contributed by atoms with Crippen molar-refractivity contribution in [3.8, 4) is 0 Å². The molecule has 0 spiro atoms. The fourth-order valence-corrected chi connectivity index (χ4v) is 0.871. The van der Waals surface area contributed by atoms with E-state index in [1.807, 2.05) is 0 Å². The molecule has 0 fully saturated rings. The zero-order chi connectivity index (χ0) is 5.28. The minimum absolute atomic E-state index is 0.548. The van der Waals surface area contributed by atoms with E-state index >= 15 is 0 Å². The fraction of sp³-hybridized carbons (Fsp3) is 0. The van der Waals surface area contributed by atoms with Gasteiger partial charge in [-0.3, -0.25) is 5.10 Å². The van der Waals surface area contributed by atoms with Crippen molar-refractivity contribution in [3.05, 3.63) is 15.8 Å². The minimum atomic E-state index is 0.548. The van der Waals surface area contributed by atoms with Gasteiger partial charge in [0, 0.05) is 6.07 Å². The number of hydrogen-bond acceptors (Lipinski definition) is 1. The number of nitrogens with zero attached hydrogens (tertiary/aromatic N) is 1. The first-order chi connectivity index (χ1) is 3.29. The van der Waals surface area contributed by atoms with E-state index in [1.165, 1.54) is 0 Å². The first-order valence-corrected chi connectivity index (χ1v) is 2.82. The van der Waals surface area contributed by atoms with Crippen LogP contribution in [0, 0.1) is 0 Å². The molecule has 0 bridgehead atoms. The van der Waals surface area contributed by atoms with Crippen molar-refractivity contribution in [2.75, 3.05) is 0 Å². The molecule has 38 valence electrons. The summed E-state index contributed by atoms with van der Waals surface area (Å²) < 4.78 is 0.734. The predicted octanol–water partition coefficient (Wildman–Crippen LogP) is 1.83. The highest BCUT2D eigenvalue weighted by atomic mass is 79.9. The van der Waals surface area contributed by atoms with Crippen LogP contribution in [0.1, 0.15) is 0 Å². The Balaban J connectivity index is 3.04. The molecule has 1 N–H and O–H groups in total. The van der Waals surface area contributed by atoms with Crippen LogP contribution in [0.4, 0.5) is 0 Å². The van der Waals surface area contributed by atoms with Crippen molar-refractivity contribution in [3.63, 3.8) is 0 Å². The lowest BCUT2D eigenvalue weighted by Crippen LogP contribution is -1.61. The SMILES string of the molecule is Clc1cc(Br)n[nH]1. The van der Waals surface area contributed by atoms with E-state index in [1.54, 1.807) is 6.07 Å². The Morgan fingerprint density at radius 3 is 2.71 bits per heavy atom. The van der Waals surface area contributed by atoms with Gasteiger partial charge in [0.1, 0.15) is 9.76 Å². The largest absolute Gasteiger partial charge is 0.266 e. The Labute approximate surface area is 54.0 Å². The molecule has 0 atom stereocenters. The summed E-state index contributed by atoms with van der Waals surface area (Å²) in [6.07, 6.45) is 0. The number of rotatable bonds is 0. The monoisotopic (exact) mass is 180 g/mol. The van der Waals surface area contributed by atoms with Gasteiger partial charge in [-0.1, -0.05) is 11.6 Å². The minimum Gasteiger partial charge on any atom is -0.266 e. The lowest BCUT2D eigenvalue weighted by Gasteiger charge is -1.64. The quantitative estimate of drug-likeness (QED) is 0.650. The number of H-pyrrole nitrogens is 1. The zero-order valence-corrected chi connectivity index (χ0v) is 5.62. The lowest BCUT2D eigenvalue weighted by atomic mass is 10.8. The van der Waals surface area contributed by atoms with Crippen molar-refractivity contribution in [1.82, 2.24) is 10.2 Å². The van der Waals surface area contributed by atoms with Crippen molar-refractivity contribution in [1.29, 1.82) is 0 Å². The van der Waals surface area contributed by atoms with E-state index in [4.69, 9.17) is 11.6 Å². The van der Waals surface area contributed by atoms with E-state index in [2.05, 4.69) is 26.1 Å². The molecule has 0 aliphatic rings. The van der Waals surface area contributed by atoms with E-state index in [0.717, 1.165) is 4.60 Å². The molecule has 0 aliphatic carbocycles. The summed E-state index contributed by atoms with van der Waals surface area (Å²) in [4.78, 5) is 0. The van der Waals surface area contributed by atoms with Crippen molar-refractivity contribution in [2.24, 2.45) is 0 Å². The highest BCUT2D eigenvalue weighted by molar-refractivity contribution is 9.10. The average Bonchev–Trinajstić information content (AvgIpc) is 1.87. The number of hydrogen-bond donors (Lipinski definition) is 1. The Kier molecular flexibility index (Phi) is 1.35. The third-order valence-corrected chi connectivity index (χ3v) is 1.12. The summed E-state index contributed by atoms with van der Waals surface area (Å²) in [6, 6.07) is 1.68. The summed E-state index contributed by atoms with van der Waals surface area (Å²) >= 11 is 8.52. The van der Waals surface area contributed by atoms with Gasteiger partial charge in [0.25, 0.3) is 0 Å². The van der Waals surface area contributed by atoms with Crippen LogP contribution in [0.15, 0.2) is 10.7 Å². The maximum atomic E-state index is 5.41. The van der Waals surface area contributed by atoms with E-state index < -0.39 is 0 Å². The van der Waals surface area contributed by atoms with Gasteiger partial charge in [-0.25, -0.2) is 0 Å². The molecule has 1 aromatic heterocycles. The summed E-state index contributed by atoms with van der Waals surface area (Å²) in [5.41, 5.74) is 0. The van der Waals surface area contributed by atoms with E-state index in [-0.39, 0.29) is 0 Å². The second-order valence-electron chi connectivity index (χ2n) is 1.04. The van der Waals surface area contributed by atoms with Gasteiger partial charge in [0.05, 0.1) is 0 Å². The van der Waals surface area contributed by atoms with Crippen LogP contribution in [-0.4, -0.2) is 10.2 Å². The second kappa shape index (κ2) is 1.84. The van der Waals surface area contributed by atoms with E-state index in [0.29, 0.717) is 5.15 Å². The normalized spacial score (nSPS) is 9.43. The fourth-order valence-electron chi connectivity index (χ4n) is 0.276. The van der Waals surface area contributed by atoms with Gasteiger partial charge in [0.2, 0.25) is 0 Å². The first kappa shape index (κ1) is 5.12. The molecule has 0 saturated heterocycles. The van der Waals surface area contributed by atoms with Gasteiger partial charge < -0.3 is 0 Å². The van der Waals surface area contributed by atoms with Gasteiger partial charge in [-0.15, -0.1) is 0 Å². The molecular weight excluding hydrogens is 179 g/mol. The number of nitrogens with one attached hydrogen (secondary N) is 1. The van der Waals surface area contributed by atoms with Crippen LogP contribution in [0.25, 0.3) is 0 Å². The van der Waals surface area contributed by atoms with Gasteiger partial charge >= 0.3 is 0 Å². The molecule has 2 nitrogen and oxygen atoms in total. The average molecular weight is 181 g/mol. The Bertz CT molecular complexity index is 145. The molecule has 1 aromatic rings. The van der Waals surface area contributed by atoms with Crippen molar-refractivity contribution >= 4 is 27.5 Å². The van der Waals surface area contributed by atoms with Gasteiger partial charge in [0.15, 0.2) is 0 Å². The smallest absolute Gasteiger partial charge is 0.129 e. The van der Waals surface area contributed by atoms with Crippen LogP contribution >= 0.6 is 27.5 Å². The Morgan fingerprint density at radius 1 is 1.86 bits per heavy atom. The number of halogens is 2.